The molecule has 0 unspecified atom stereocenters. The van der Waals surface area contributed by atoms with E-state index < -0.39 is 0 Å². The summed E-state index contributed by atoms with van der Waals surface area (Å²) in [5, 5.41) is 9.00. The van der Waals surface area contributed by atoms with Crippen molar-refractivity contribution in [2.45, 2.75) is 63.1 Å². The zero-order chi connectivity index (χ0) is 16.5. The second kappa shape index (κ2) is 7.10. The smallest absolute Gasteiger partial charge is 0.146 e. The van der Waals surface area contributed by atoms with Gasteiger partial charge in [-0.1, -0.05) is 12.8 Å². The fourth-order valence-corrected chi connectivity index (χ4v) is 4.65. The zero-order valence-electron chi connectivity index (χ0n) is 15.0. The van der Waals surface area contributed by atoms with Gasteiger partial charge in [-0.25, -0.2) is 0 Å². The summed E-state index contributed by atoms with van der Waals surface area (Å²) in [5.41, 5.74) is 0. The van der Waals surface area contributed by atoms with E-state index in [2.05, 4.69) is 26.7 Å². The van der Waals surface area contributed by atoms with Crippen LogP contribution in [0.25, 0.3) is 0 Å². The Kier molecular flexibility index (Phi) is 4.88. The maximum atomic E-state index is 5.82. The summed E-state index contributed by atoms with van der Waals surface area (Å²) in [4.78, 5) is 2.56. The minimum atomic E-state index is 0.379. The molecule has 0 aromatic carbocycles. The second-order valence-corrected chi connectivity index (χ2v) is 7.64. The topological polar surface area (TPSA) is 52.4 Å². The largest absolute Gasteiger partial charge is 0.381 e. The first-order valence-corrected chi connectivity index (χ1v) is 9.50. The van der Waals surface area contributed by atoms with E-state index in [1.54, 1.807) is 0 Å². The lowest BCUT2D eigenvalue weighted by atomic mass is 9.85. The minimum absolute atomic E-state index is 0.379. The molecule has 1 aromatic heterocycles. The van der Waals surface area contributed by atoms with Crippen LogP contribution in [-0.4, -0.2) is 58.7 Å². The first-order valence-electron chi connectivity index (χ1n) is 9.50. The molecule has 2 heterocycles. The van der Waals surface area contributed by atoms with E-state index in [-0.39, 0.29) is 0 Å². The van der Waals surface area contributed by atoms with Gasteiger partial charge in [0.15, 0.2) is 0 Å². The number of hydrogen-bond donors (Lipinski definition) is 0. The van der Waals surface area contributed by atoms with Crippen molar-refractivity contribution in [1.29, 1.82) is 0 Å². The van der Waals surface area contributed by atoms with Crippen molar-refractivity contribution in [2.24, 2.45) is 13.0 Å². The normalized spacial score (nSPS) is 32.2. The van der Waals surface area contributed by atoms with Gasteiger partial charge >= 0.3 is 0 Å². The lowest BCUT2D eigenvalue weighted by Crippen LogP contribution is -2.51. The van der Waals surface area contributed by atoms with Crippen LogP contribution < -0.4 is 0 Å². The summed E-state index contributed by atoms with van der Waals surface area (Å²) < 4.78 is 13.8. The van der Waals surface area contributed by atoms with Crippen LogP contribution in [0.4, 0.5) is 0 Å². The van der Waals surface area contributed by atoms with Gasteiger partial charge in [-0.15, -0.1) is 10.2 Å². The van der Waals surface area contributed by atoms with Crippen LogP contribution >= 0.6 is 0 Å². The SMILES string of the molecule is CO[C@@H]1CCC[C@@H]1[C@@H]1COCCN1Cc1nnc(C2CCC2)n1C. The molecule has 0 N–H and O–H groups in total. The molecular weight excluding hydrogens is 304 g/mol. The maximum Gasteiger partial charge on any atom is 0.146 e. The molecule has 134 valence electrons. The predicted molar refractivity (Wildman–Crippen MR) is 90.8 cm³/mol. The van der Waals surface area contributed by atoms with Crippen molar-refractivity contribution in [2.75, 3.05) is 26.9 Å². The summed E-state index contributed by atoms with van der Waals surface area (Å²) in [7, 11) is 3.98. The highest BCUT2D eigenvalue weighted by atomic mass is 16.5. The Hall–Kier alpha value is -0.980. The average Bonchev–Trinajstić information content (AvgIpc) is 3.15. The van der Waals surface area contributed by atoms with Crippen LogP contribution in [0.5, 0.6) is 0 Å². The molecule has 0 bridgehead atoms. The molecule has 1 aromatic rings. The van der Waals surface area contributed by atoms with Crippen LogP contribution in [0.15, 0.2) is 0 Å². The first kappa shape index (κ1) is 16.5. The summed E-state index contributed by atoms with van der Waals surface area (Å²) in [6, 6.07) is 0.440. The fraction of sp³-hybridized carbons (Fsp3) is 0.889. The van der Waals surface area contributed by atoms with Crippen molar-refractivity contribution in [1.82, 2.24) is 19.7 Å². The third kappa shape index (κ3) is 3.00. The molecule has 3 aliphatic rings. The van der Waals surface area contributed by atoms with Gasteiger partial charge in [-0.3, -0.25) is 4.90 Å². The van der Waals surface area contributed by atoms with Crippen LogP contribution in [0.3, 0.4) is 0 Å². The Morgan fingerprint density at radius 3 is 2.75 bits per heavy atom. The monoisotopic (exact) mass is 334 g/mol. The summed E-state index contributed by atoms with van der Waals surface area (Å²) >= 11 is 0. The first-order chi connectivity index (χ1) is 11.8. The van der Waals surface area contributed by atoms with Crippen LogP contribution in [0, 0.1) is 5.92 Å². The van der Waals surface area contributed by atoms with Gasteiger partial charge in [-0.05, 0) is 25.7 Å². The number of aromatic nitrogens is 3. The molecule has 6 nitrogen and oxygen atoms in total. The Bertz CT molecular complexity index is 557. The number of rotatable bonds is 5. The standard InChI is InChI=1S/C18H30N4O2/c1-21-17(19-20-18(21)13-5-3-6-13)11-22-9-10-24-12-15(22)14-7-4-8-16(14)23-2/h13-16H,3-12H2,1-2H3/t14-,15+,16-/m1/s1. The van der Waals surface area contributed by atoms with E-state index in [9.17, 15) is 0 Å². The molecule has 3 atom stereocenters. The molecule has 0 amide bonds. The number of ether oxygens (including phenoxy) is 2. The molecule has 6 heteroatoms. The fourth-order valence-electron chi connectivity index (χ4n) is 4.65. The highest BCUT2D eigenvalue weighted by Crippen LogP contribution is 2.36. The highest BCUT2D eigenvalue weighted by Gasteiger charge is 2.39. The lowest BCUT2D eigenvalue weighted by molar-refractivity contribution is -0.0618. The summed E-state index contributed by atoms with van der Waals surface area (Å²) in [6.07, 6.45) is 7.94. The molecule has 4 rings (SSSR count). The second-order valence-electron chi connectivity index (χ2n) is 7.64. The molecule has 1 aliphatic heterocycles. The van der Waals surface area contributed by atoms with Gasteiger partial charge in [0, 0.05) is 38.6 Å². The van der Waals surface area contributed by atoms with Crippen molar-refractivity contribution < 1.29 is 9.47 Å². The van der Waals surface area contributed by atoms with Gasteiger partial charge in [-0.2, -0.15) is 0 Å². The van der Waals surface area contributed by atoms with Crippen molar-refractivity contribution in [3.63, 3.8) is 0 Å². The Balaban J connectivity index is 1.48. The third-order valence-electron chi connectivity index (χ3n) is 6.39. The number of morpholine rings is 1. The third-order valence-corrected chi connectivity index (χ3v) is 6.39. The van der Waals surface area contributed by atoms with E-state index in [0.29, 0.717) is 24.0 Å². The molecule has 3 fully saturated rings. The van der Waals surface area contributed by atoms with Crippen LogP contribution in [0.2, 0.25) is 0 Å². The van der Waals surface area contributed by atoms with Gasteiger partial charge in [0.25, 0.3) is 0 Å². The molecule has 1 saturated heterocycles. The van der Waals surface area contributed by atoms with Crippen molar-refractivity contribution >= 4 is 0 Å². The van der Waals surface area contributed by atoms with Crippen molar-refractivity contribution in [3.8, 4) is 0 Å². The number of hydrogen-bond acceptors (Lipinski definition) is 5. The summed E-state index contributed by atoms with van der Waals surface area (Å²) in [6.45, 7) is 3.48. The van der Waals surface area contributed by atoms with Gasteiger partial charge < -0.3 is 14.0 Å². The zero-order valence-corrected chi connectivity index (χ0v) is 15.0. The van der Waals surface area contributed by atoms with E-state index in [4.69, 9.17) is 9.47 Å². The van der Waals surface area contributed by atoms with E-state index in [0.717, 1.165) is 32.1 Å². The molecular formula is C18H30N4O2. The average molecular weight is 334 g/mol. The van der Waals surface area contributed by atoms with Crippen molar-refractivity contribution in [3.05, 3.63) is 11.6 Å². The molecule has 2 saturated carbocycles. The molecule has 0 spiro atoms. The quantitative estimate of drug-likeness (QED) is 0.825. The number of methoxy groups -OCH3 is 1. The minimum Gasteiger partial charge on any atom is -0.381 e. The summed E-state index contributed by atoms with van der Waals surface area (Å²) in [5.74, 6) is 3.48. The van der Waals surface area contributed by atoms with Gasteiger partial charge in [0.1, 0.15) is 11.6 Å². The Morgan fingerprint density at radius 2 is 2.00 bits per heavy atom. The predicted octanol–water partition coefficient (Wildman–Crippen LogP) is 2.10. The number of nitrogens with zero attached hydrogens (tertiary/aromatic N) is 4. The molecule has 2 aliphatic carbocycles. The Labute approximate surface area is 144 Å². The Morgan fingerprint density at radius 1 is 1.17 bits per heavy atom. The van der Waals surface area contributed by atoms with E-state index >= 15 is 0 Å². The van der Waals surface area contributed by atoms with Gasteiger partial charge in [0.2, 0.25) is 0 Å². The lowest BCUT2D eigenvalue weighted by Gasteiger charge is -2.40. The molecule has 0 radical (unpaired) electrons. The van der Waals surface area contributed by atoms with Gasteiger partial charge in [0.05, 0.1) is 25.9 Å². The van der Waals surface area contributed by atoms with Crippen LogP contribution in [0.1, 0.15) is 56.1 Å². The van der Waals surface area contributed by atoms with E-state index in [1.807, 2.05) is 7.11 Å². The highest BCUT2D eigenvalue weighted by molar-refractivity contribution is 5.05. The van der Waals surface area contributed by atoms with Crippen LogP contribution in [-0.2, 0) is 23.1 Å². The van der Waals surface area contributed by atoms with E-state index in [1.165, 1.54) is 44.3 Å². The molecule has 24 heavy (non-hydrogen) atoms. The maximum absolute atomic E-state index is 5.82.